The molecule has 0 saturated carbocycles. The second kappa shape index (κ2) is 4.02. The standard InChI is InChI=1S/C23H14N2O/c1-24-18-8-4-6-14-13-5-2-3-7-17(13)25-22-15(16-11-12-26-23(16)25)9-10-19(24)21(22)20(14)18/h2-12H,1H3. The first kappa shape index (κ1) is 12.8. The number of furan rings is 1. The summed E-state index contributed by atoms with van der Waals surface area (Å²) in [4.78, 5) is 0. The summed E-state index contributed by atoms with van der Waals surface area (Å²) in [5.41, 5.74) is 5.88. The van der Waals surface area contributed by atoms with Gasteiger partial charge >= 0.3 is 0 Å². The summed E-state index contributed by atoms with van der Waals surface area (Å²) in [5.74, 6) is 0. The Labute approximate surface area is 148 Å². The Balaban J connectivity index is 2.09. The molecule has 0 fully saturated rings. The predicted molar refractivity (Wildman–Crippen MR) is 107 cm³/mol. The Morgan fingerprint density at radius 2 is 1.46 bits per heavy atom. The van der Waals surface area contributed by atoms with Gasteiger partial charge in [0.1, 0.15) is 0 Å². The molecule has 3 heteroatoms. The topological polar surface area (TPSA) is 22.5 Å². The third-order valence-electron chi connectivity index (χ3n) is 5.97. The van der Waals surface area contributed by atoms with Gasteiger partial charge in [0.25, 0.3) is 0 Å². The zero-order chi connectivity index (χ0) is 17.0. The maximum absolute atomic E-state index is 5.96. The van der Waals surface area contributed by atoms with Crippen LogP contribution >= 0.6 is 0 Å². The first-order valence-corrected chi connectivity index (χ1v) is 8.86. The van der Waals surface area contributed by atoms with E-state index in [-0.39, 0.29) is 0 Å². The average Bonchev–Trinajstić information content (AvgIpc) is 3.31. The molecule has 3 nitrogen and oxygen atoms in total. The van der Waals surface area contributed by atoms with Crippen LogP contribution in [-0.2, 0) is 7.05 Å². The number of para-hydroxylation sites is 1. The smallest absolute Gasteiger partial charge is 0.212 e. The van der Waals surface area contributed by atoms with Gasteiger partial charge in [-0.05, 0) is 35.7 Å². The van der Waals surface area contributed by atoms with E-state index in [0.717, 1.165) is 5.71 Å². The maximum Gasteiger partial charge on any atom is 0.212 e. The van der Waals surface area contributed by atoms with E-state index in [1.165, 1.54) is 54.4 Å². The number of benzene rings is 3. The summed E-state index contributed by atoms with van der Waals surface area (Å²) in [6.45, 7) is 0. The van der Waals surface area contributed by atoms with Gasteiger partial charge in [-0.2, -0.15) is 0 Å². The molecule has 4 heterocycles. The molecule has 0 atom stereocenters. The summed E-state index contributed by atoms with van der Waals surface area (Å²) in [6, 6.07) is 21.8. The lowest BCUT2D eigenvalue weighted by molar-refractivity contribution is 0.601. The Bertz CT molecular complexity index is 1640. The third-order valence-corrected chi connectivity index (χ3v) is 5.97. The Morgan fingerprint density at radius 3 is 2.42 bits per heavy atom. The highest BCUT2D eigenvalue weighted by molar-refractivity contribution is 6.32. The molecule has 7 rings (SSSR count). The number of hydrogen-bond donors (Lipinski definition) is 0. The van der Waals surface area contributed by atoms with Gasteiger partial charge < -0.3 is 8.98 Å². The van der Waals surface area contributed by atoms with Crippen LogP contribution in [-0.4, -0.2) is 8.97 Å². The van der Waals surface area contributed by atoms with Crippen LogP contribution < -0.4 is 0 Å². The van der Waals surface area contributed by atoms with Crippen molar-refractivity contribution in [1.29, 1.82) is 0 Å². The molecule has 0 saturated heterocycles. The number of fused-ring (bicyclic) bond motifs is 6. The predicted octanol–water partition coefficient (Wildman–Crippen LogP) is 6.07. The fourth-order valence-electron chi connectivity index (χ4n) is 4.90. The zero-order valence-corrected chi connectivity index (χ0v) is 14.2. The molecule has 122 valence electrons. The maximum atomic E-state index is 5.96. The number of aromatic nitrogens is 2. The summed E-state index contributed by atoms with van der Waals surface area (Å²) >= 11 is 0. The molecule has 0 aliphatic heterocycles. The van der Waals surface area contributed by atoms with Gasteiger partial charge in [-0.1, -0.05) is 30.3 Å². The monoisotopic (exact) mass is 334 g/mol. The van der Waals surface area contributed by atoms with Crippen molar-refractivity contribution in [3.05, 3.63) is 66.9 Å². The van der Waals surface area contributed by atoms with E-state index >= 15 is 0 Å². The first-order valence-electron chi connectivity index (χ1n) is 8.86. The molecular formula is C23H14N2O. The van der Waals surface area contributed by atoms with Crippen LogP contribution in [0.2, 0.25) is 0 Å². The van der Waals surface area contributed by atoms with Crippen LogP contribution in [0.15, 0.2) is 71.3 Å². The van der Waals surface area contributed by atoms with Crippen LogP contribution in [0, 0.1) is 0 Å². The molecule has 0 spiro atoms. The molecule has 0 unspecified atom stereocenters. The van der Waals surface area contributed by atoms with Crippen molar-refractivity contribution in [3.63, 3.8) is 0 Å². The van der Waals surface area contributed by atoms with Gasteiger partial charge in [-0.15, -0.1) is 0 Å². The van der Waals surface area contributed by atoms with Crippen LogP contribution in [0.25, 0.3) is 60.1 Å². The average molecular weight is 334 g/mol. The SMILES string of the molecule is Cn1c2cccc3c4ccccc4n4c5occc5c5ccc1c(c32)c54. The second-order valence-corrected chi connectivity index (χ2v) is 7.11. The highest BCUT2D eigenvalue weighted by Gasteiger charge is 2.21. The van der Waals surface area contributed by atoms with E-state index in [2.05, 4.69) is 76.7 Å². The Hall–Kier alpha value is -3.46. The number of hydrogen-bond acceptors (Lipinski definition) is 1. The quantitative estimate of drug-likeness (QED) is 0.330. The van der Waals surface area contributed by atoms with E-state index in [4.69, 9.17) is 4.42 Å². The van der Waals surface area contributed by atoms with E-state index < -0.39 is 0 Å². The largest absolute Gasteiger partial charge is 0.447 e. The van der Waals surface area contributed by atoms with Gasteiger partial charge in [-0.3, -0.25) is 4.40 Å². The summed E-state index contributed by atoms with van der Waals surface area (Å²) in [7, 11) is 2.16. The van der Waals surface area contributed by atoms with Gasteiger partial charge in [0.2, 0.25) is 5.71 Å². The molecule has 7 aromatic rings. The number of nitrogens with zero attached hydrogens (tertiary/aromatic N) is 2. The minimum Gasteiger partial charge on any atom is -0.447 e. The minimum absolute atomic E-state index is 0.921. The van der Waals surface area contributed by atoms with Gasteiger partial charge in [-0.25, -0.2) is 0 Å². The van der Waals surface area contributed by atoms with E-state index in [1.54, 1.807) is 6.26 Å². The van der Waals surface area contributed by atoms with Crippen LogP contribution in [0.3, 0.4) is 0 Å². The fraction of sp³-hybridized carbons (Fsp3) is 0.0435. The first-order chi connectivity index (χ1) is 12.8. The Kier molecular flexibility index (Phi) is 1.99. The molecule has 3 aromatic carbocycles. The summed E-state index contributed by atoms with van der Waals surface area (Å²) in [6.07, 6.45) is 1.79. The van der Waals surface area contributed by atoms with Crippen LogP contribution in [0.5, 0.6) is 0 Å². The molecule has 0 aliphatic carbocycles. The third kappa shape index (κ3) is 1.21. The number of rotatable bonds is 0. The van der Waals surface area contributed by atoms with Crippen LogP contribution in [0.4, 0.5) is 0 Å². The van der Waals surface area contributed by atoms with Crippen LogP contribution in [0.1, 0.15) is 0 Å². The van der Waals surface area contributed by atoms with Crippen molar-refractivity contribution in [2.45, 2.75) is 0 Å². The van der Waals surface area contributed by atoms with Gasteiger partial charge in [0.05, 0.1) is 22.8 Å². The van der Waals surface area contributed by atoms with Gasteiger partial charge in [0, 0.05) is 39.5 Å². The molecule has 0 amide bonds. The van der Waals surface area contributed by atoms with E-state index in [0.29, 0.717) is 0 Å². The van der Waals surface area contributed by atoms with Crippen molar-refractivity contribution in [2.24, 2.45) is 7.05 Å². The van der Waals surface area contributed by atoms with E-state index in [1.807, 2.05) is 0 Å². The highest BCUT2D eigenvalue weighted by atomic mass is 16.3. The molecule has 26 heavy (non-hydrogen) atoms. The molecule has 4 aromatic heterocycles. The highest BCUT2D eigenvalue weighted by Crippen LogP contribution is 2.43. The Morgan fingerprint density at radius 1 is 0.654 bits per heavy atom. The molecule has 0 aliphatic rings. The summed E-state index contributed by atoms with van der Waals surface area (Å²) in [5, 5.41) is 7.62. The normalized spacial score (nSPS) is 12.8. The minimum atomic E-state index is 0.921. The fourth-order valence-corrected chi connectivity index (χ4v) is 4.90. The molecular weight excluding hydrogens is 320 g/mol. The lowest BCUT2D eigenvalue weighted by Crippen LogP contribution is -1.88. The van der Waals surface area contributed by atoms with Crippen molar-refractivity contribution < 1.29 is 4.42 Å². The number of aryl methyl sites for hydroxylation is 1. The van der Waals surface area contributed by atoms with Crippen molar-refractivity contribution in [2.75, 3.05) is 0 Å². The van der Waals surface area contributed by atoms with Crippen molar-refractivity contribution in [3.8, 4) is 0 Å². The van der Waals surface area contributed by atoms with Gasteiger partial charge in [0.15, 0.2) is 0 Å². The van der Waals surface area contributed by atoms with Crippen molar-refractivity contribution >= 4 is 60.1 Å². The lowest BCUT2D eigenvalue weighted by Gasteiger charge is -2.03. The lowest BCUT2D eigenvalue weighted by atomic mass is 10.0. The molecule has 0 N–H and O–H groups in total. The second-order valence-electron chi connectivity index (χ2n) is 7.11. The zero-order valence-electron chi connectivity index (χ0n) is 14.2. The van der Waals surface area contributed by atoms with Crippen molar-refractivity contribution in [1.82, 2.24) is 8.97 Å². The molecule has 0 radical (unpaired) electrons. The molecule has 0 bridgehead atoms. The van der Waals surface area contributed by atoms with E-state index in [9.17, 15) is 0 Å². The summed E-state index contributed by atoms with van der Waals surface area (Å²) < 4.78 is 10.6.